The minimum absolute atomic E-state index is 0.0658. The van der Waals surface area contributed by atoms with Gasteiger partial charge in [-0.3, -0.25) is 0 Å². The summed E-state index contributed by atoms with van der Waals surface area (Å²) in [7, 11) is 0. The van der Waals surface area contributed by atoms with Gasteiger partial charge in [-0.1, -0.05) is 54.6 Å². The quantitative estimate of drug-likeness (QED) is 0.292. The largest absolute Gasteiger partial charge is 0.478 e. The summed E-state index contributed by atoms with van der Waals surface area (Å²) >= 11 is 0. The maximum atomic E-state index is 11.3. The van der Waals surface area contributed by atoms with Crippen LogP contribution in [0, 0.1) is 0 Å². The molecule has 0 saturated heterocycles. The number of para-hydroxylation sites is 2. The number of carboxylic acids is 1. The number of oxazole rings is 1. The zero-order valence-corrected chi connectivity index (χ0v) is 19.5. The SMILES string of the molecule is CC(C)(Oc1cccc(CCNCCC(c2ccccc2)c2nc3ccccc3o2)c1)C(=O)O. The molecule has 2 N–H and O–H groups in total. The van der Waals surface area contributed by atoms with E-state index in [0.717, 1.165) is 48.5 Å². The van der Waals surface area contributed by atoms with Gasteiger partial charge in [0, 0.05) is 0 Å². The number of carbonyl (C=O) groups is 1. The first-order valence-corrected chi connectivity index (χ1v) is 11.5. The second kappa shape index (κ2) is 10.5. The van der Waals surface area contributed by atoms with Crippen LogP contribution < -0.4 is 10.1 Å². The van der Waals surface area contributed by atoms with Crippen LogP contribution in [0.4, 0.5) is 0 Å². The van der Waals surface area contributed by atoms with E-state index in [1.54, 1.807) is 19.9 Å². The van der Waals surface area contributed by atoms with Crippen LogP contribution >= 0.6 is 0 Å². The van der Waals surface area contributed by atoms with E-state index in [0.29, 0.717) is 5.75 Å². The molecule has 3 aromatic carbocycles. The van der Waals surface area contributed by atoms with Gasteiger partial charge in [0.2, 0.25) is 5.89 Å². The van der Waals surface area contributed by atoms with Crippen molar-refractivity contribution in [2.45, 2.75) is 38.2 Å². The number of fused-ring (bicyclic) bond motifs is 1. The third-order valence-corrected chi connectivity index (χ3v) is 5.80. The molecule has 1 unspecified atom stereocenters. The fraction of sp³-hybridized carbons (Fsp3) is 0.286. The van der Waals surface area contributed by atoms with Crippen LogP contribution in [0.15, 0.2) is 83.3 Å². The van der Waals surface area contributed by atoms with Crippen molar-refractivity contribution in [1.29, 1.82) is 0 Å². The van der Waals surface area contributed by atoms with Crippen molar-refractivity contribution < 1.29 is 19.1 Å². The Morgan fingerprint density at radius 1 is 1.03 bits per heavy atom. The first-order valence-electron chi connectivity index (χ1n) is 11.5. The lowest BCUT2D eigenvalue weighted by Crippen LogP contribution is -2.37. The molecule has 1 atom stereocenters. The first-order chi connectivity index (χ1) is 16.4. The minimum Gasteiger partial charge on any atom is -0.478 e. The highest BCUT2D eigenvalue weighted by Crippen LogP contribution is 2.29. The lowest BCUT2D eigenvalue weighted by atomic mass is 9.95. The molecule has 0 saturated carbocycles. The number of rotatable bonds is 11. The second-order valence-corrected chi connectivity index (χ2v) is 8.84. The van der Waals surface area contributed by atoms with Crippen LogP contribution in [0.5, 0.6) is 5.75 Å². The van der Waals surface area contributed by atoms with E-state index in [9.17, 15) is 9.90 Å². The van der Waals surface area contributed by atoms with Gasteiger partial charge in [-0.15, -0.1) is 0 Å². The van der Waals surface area contributed by atoms with Crippen molar-refractivity contribution in [3.05, 3.63) is 95.9 Å². The van der Waals surface area contributed by atoms with Crippen LogP contribution in [0.3, 0.4) is 0 Å². The third-order valence-electron chi connectivity index (χ3n) is 5.80. The summed E-state index contributed by atoms with van der Waals surface area (Å²) in [6.45, 7) is 4.69. The summed E-state index contributed by atoms with van der Waals surface area (Å²) in [6, 6.07) is 25.8. The molecule has 0 aliphatic rings. The van der Waals surface area contributed by atoms with E-state index >= 15 is 0 Å². The molecule has 0 spiro atoms. The van der Waals surface area contributed by atoms with Crippen molar-refractivity contribution in [3.8, 4) is 5.75 Å². The Hall–Kier alpha value is -3.64. The summed E-state index contributed by atoms with van der Waals surface area (Å²) in [4.78, 5) is 16.1. The molecule has 4 rings (SSSR count). The highest BCUT2D eigenvalue weighted by Gasteiger charge is 2.29. The number of nitrogens with zero attached hydrogens (tertiary/aromatic N) is 1. The molecular weight excluding hydrogens is 428 g/mol. The van der Waals surface area contributed by atoms with Crippen LogP contribution in [0.2, 0.25) is 0 Å². The smallest absolute Gasteiger partial charge is 0.347 e. The van der Waals surface area contributed by atoms with Gasteiger partial charge >= 0.3 is 5.97 Å². The molecule has 1 heterocycles. The molecule has 4 aromatic rings. The van der Waals surface area contributed by atoms with Crippen LogP contribution in [0.25, 0.3) is 11.1 Å². The number of ether oxygens (including phenoxy) is 1. The number of benzene rings is 3. The van der Waals surface area contributed by atoms with Crippen molar-refractivity contribution in [2.75, 3.05) is 13.1 Å². The Labute approximate surface area is 199 Å². The first kappa shape index (κ1) is 23.5. The predicted molar refractivity (Wildman–Crippen MR) is 132 cm³/mol. The van der Waals surface area contributed by atoms with Gasteiger partial charge < -0.3 is 19.6 Å². The van der Waals surface area contributed by atoms with Gasteiger partial charge in [0.25, 0.3) is 0 Å². The molecule has 0 radical (unpaired) electrons. The normalized spacial score (nSPS) is 12.5. The second-order valence-electron chi connectivity index (χ2n) is 8.84. The molecule has 0 fully saturated rings. The highest BCUT2D eigenvalue weighted by atomic mass is 16.5. The van der Waals surface area contributed by atoms with Gasteiger partial charge in [0.05, 0.1) is 5.92 Å². The standard InChI is InChI=1S/C28H30N2O4/c1-28(2,27(31)32)34-22-12-8-9-20(19-22)15-17-29-18-16-23(21-10-4-3-5-11-21)26-30-24-13-6-7-14-25(24)33-26/h3-14,19,23,29H,15-18H2,1-2H3,(H,31,32). The summed E-state index contributed by atoms with van der Waals surface area (Å²) in [5, 5.41) is 12.8. The minimum atomic E-state index is -1.27. The summed E-state index contributed by atoms with van der Waals surface area (Å²) in [5.74, 6) is 0.368. The molecule has 6 nitrogen and oxygen atoms in total. The Balaban J connectivity index is 1.35. The average Bonchev–Trinajstić information content (AvgIpc) is 3.25. The Bertz CT molecular complexity index is 1200. The van der Waals surface area contributed by atoms with E-state index in [4.69, 9.17) is 14.1 Å². The van der Waals surface area contributed by atoms with E-state index < -0.39 is 11.6 Å². The zero-order chi connectivity index (χ0) is 24.0. The van der Waals surface area contributed by atoms with Crippen molar-refractivity contribution in [2.24, 2.45) is 0 Å². The molecule has 0 aliphatic heterocycles. The molecule has 0 bridgehead atoms. The molecule has 0 amide bonds. The predicted octanol–water partition coefficient (Wildman–Crippen LogP) is 5.42. The van der Waals surface area contributed by atoms with Crippen molar-refractivity contribution >= 4 is 17.1 Å². The summed E-state index contributed by atoms with van der Waals surface area (Å²) < 4.78 is 11.7. The monoisotopic (exact) mass is 458 g/mol. The maximum Gasteiger partial charge on any atom is 0.347 e. The fourth-order valence-corrected chi connectivity index (χ4v) is 3.86. The molecule has 6 heteroatoms. The average molecular weight is 459 g/mol. The van der Waals surface area contributed by atoms with Crippen molar-refractivity contribution in [1.82, 2.24) is 10.3 Å². The van der Waals surface area contributed by atoms with E-state index in [1.807, 2.05) is 60.7 Å². The molecule has 34 heavy (non-hydrogen) atoms. The van der Waals surface area contributed by atoms with Gasteiger partial charge in [-0.2, -0.15) is 0 Å². The third kappa shape index (κ3) is 5.83. The number of aromatic nitrogens is 1. The van der Waals surface area contributed by atoms with Gasteiger partial charge in [-0.05, 0) is 75.2 Å². The molecule has 0 aliphatic carbocycles. The van der Waals surface area contributed by atoms with Crippen LogP contribution in [0.1, 0.15) is 43.2 Å². The number of nitrogens with one attached hydrogen (secondary N) is 1. The fourth-order valence-electron chi connectivity index (χ4n) is 3.86. The van der Waals surface area contributed by atoms with E-state index in [2.05, 4.69) is 17.4 Å². The van der Waals surface area contributed by atoms with Crippen molar-refractivity contribution in [3.63, 3.8) is 0 Å². The molecular formula is C28H30N2O4. The highest BCUT2D eigenvalue weighted by molar-refractivity contribution is 5.76. The number of hydrogen-bond acceptors (Lipinski definition) is 5. The number of aliphatic carboxylic acids is 1. The Morgan fingerprint density at radius 3 is 2.56 bits per heavy atom. The summed E-state index contributed by atoms with van der Waals surface area (Å²) in [5.41, 5.74) is 2.68. The molecule has 1 aromatic heterocycles. The Kier molecular flexibility index (Phi) is 7.28. The van der Waals surface area contributed by atoms with Gasteiger partial charge in [-0.25, -0.2) is 9.78 Å². The lowest BCUT2D eigenvalue weighted by molar-refractivity contribution is -0.152. The van der Waals surface area contributed by atoms with Crippen LogP contribution in [-0.2, 0) is 11.2 Å². The number of hydrogen-bond donors (Lipinski definition) is 2. The number of carboxylic acid groups (broad SMARTS) is 1. The van der Waals surface area contributed by atoms with E-state index in [-0.39, 0.29) is 5.92 Å². The topological polar surface area (TPSA) is 84.6 Å². The molecule has 176 valence electrons. The Morgan fingerprint density at radius 2 is 1.79 bits per heavy atom. The van der Waals surface area contributed by atoms with Gasteiger partial charge in [0.15, 0.2) is 11.2 Å². The maximum absolute atomic E-state index is 11.3. The zero-order valence-electron chi connectivity index (χ0n) is 19.5. The lowest BCUT2D eigenvalue weighted by Gasteiger charge is -2.21. The van der Waals surface area contributed by atoms with Crippen LogP contribution in [-0.4, -0.2) is 34.8 Å². The van der Waals surface area contributed by atoms with E-state index in [1.165, 1.54) is 5.56 Å². The van der Waals surface area contributed by atoms with Gasteiger partial charge in [0.1, 0.15) is 11.3 Å². The summed E-state index contributed by atoms with van der Waals surface area (Å²) in [6.07, 6.45) is 1.66.